The van der Waals surface area contributed by atoms with Gasteiger partial charge in [0.1, 0.15) is 0 Å². The van der Waals surface area contributed by atoms with Gasteiger partial charge in [0, 0.05) is 17.7 Å². The molecule has 3 rings (SSSR count). The molecule has 0 radical (unpaired) electrons. The number of hydrogen-bond donors (Lipinski definition) is 1. The molecule has 1 fully saturated rings. The Balaban J connectivity index is 1.83. The zero-order valence-electron chi connectivity index (χ0n) is 12.4. The largest absolute Gasteiger partial charge is 0.299 e. The number of aromatic amines is 1. The van der Waals surface area contributed by atoms with E-state index in [9.17, 15) is 0 Å². The van der Waals surface area contributed by atoms with Gasteiger partial charge in [0.2, 0.25) is 0 Å². The first kappa shape index (κ1) is 13.4. The topological polar surface area (TPSA) is 31.9 Å². The number of likely N-dealkylation sites (tertiary alicyclic amines) is 1. The molecule has 0 aliphatic carbocycles. The summed E-state index contributed by atoms with van der Waals surface area (Å²) in [7, 11) is 0. The zero-order chi connectivity index (χ0) is 13.9. The van der Waals surface area contributed by atoms with Crippen LogP contribution < -0.4 is 0 Å². The van der Waals surface area contributed by atoms with Crippen LogP contribution in [0.25, 0.3) is 11.3 Å². The lowest BCUT2D eigenvalue weighted by Gasteiger charge is -2.26. The number of nitrogens with zero attached hydrogens (tertiary/aromatic N) is 2. The van der Waals surface area contributed by atoms with Gasteiger partial charge >= 0.3 is 0 Å². The molecule has 1 saturated heterocycles. The second-order valence-corrected chi connectivity index (χ2v) is 5.91. The number of H-pyrrole nitrogens is 1. The predicted molar refractivity (Wildman–Crippen MR) is 82.6 cm³/mol. The first-order valence-electron chi connectivity index (χ1n) is 7.56. The smallest absolute Gasteiger partial charge is 0.0695 e. The van der Waals surface area contributed by atoms with Crippen molar-refractivity contribution >= 4 is 0 Å². The van der Waals surface area contributed by atoms with Crippen LogP contribution in [0.3, 0.4) is 0 Å². The van der Waals surface area contributed by atoms with Gasteiger partial charge in [-0.15, -0.1) is 0 Å². The molecule has 3 heteroatoms. The van der Waals surface area contributed by atoms with E-state index in [1.54, 1.807) is 0 Å². The van der Waals surface area contributed by atoms with E-state index in [1.165, 1.54) is 60.3 Å². The first-order chi connectivity index (χ1) is 9.74. The van der Waals surface area contributed by atoms with Gasteiger partial charge in [-0.1, -0.05) is 18.6 Å². The second-order valence-electron chi connectivity index (χ2n) is 5.91. The van der Waals surface area contributed by atoms with Crippen LogP contribution in [0.5, 0.6) is 0 Å². The normalized spacial score (nSPS) is 16.5. The van der Waals surface area contributed by atoms with Crippen LogP contribution in [0, 0.1) is 13.8 Å². The summed E-state index contributed by atoms with van der Waals surface area (Å²) in [4.78, 5) is 2.54. The number of nitrogens with one attached hydrogen (secondary N) is 1. The van der Waals surface area contributed by atoms with Crippen LogP contribution >= 0.6 is 0 Å². The molecule has 0 saturated carbocycles. The van der Waals surface area contributed by atoms with Crippen LogP contribution in [0.2, 0.25) is 0 Å². The standard InChI is InChI=1S/C17H23N3/c1-13-6-7-15(10-14(13)2)17-16(11-18-19-17)12-20-8-4-3-5-9-20/h6-7,10-11H,3-5,8-9,12H2,1-2H3,(H,18,19). The van der Waals surface area contributed by atoms with Crippen molar-refractivity contribution in [2.24, 2.45) is 0 Å². The lowest BCUT2D eigenvalue weighted by molar-refractivity contribution is 0.221. The van der Waals surface area contributed by atoms with Gasteiger partial charge in [-0.3, -0.25) is 10.00 Å². The van der Waals surface area contributed by atoms with E-state index in [4.69, 9.17) is 0 Å². The molecular formula is C17H23N3. The van der Waals surface area contributed by atoms with E-state index in [2.05, 4.69) is 47.1 Å². The maximum atomic E-state index is 4.26. The highest BCUT2D eigenvalue weighted by molar-refractivity contribution is 5.64. The molecule has 1 aliphatic heterocycles. The molecule has 1 aliphatic rings. The third-order valence-electron chi connectivity index (χ3n) is 4.36. The maximum absolute atomic E-state index is 4.26. The Morgan fingerprint density at radius 3 is 2.65 bits per heavy atom. The third kappa shape index (κ3) is 2.78. The lowest BCUT2D eigenvalue weighted by atomic mass is 10.0. The SMILES string of the molecule is Cc1ccc(-c2[nH]ncc2CN2CCCCC2)cc1C. The van der Waals surface area contributed by atoms with E-state index in [0.29, 0.717) is 0 Å². The fraction of sp³-hybridized carbons (Fsp3) is 0.471. The average molecular weight is 269 g/mol. The predicted octanol–water partition coefficient (Wildman–Crippen LogP) is 3.68. The summed E-state index contributed by atoms with van der Waals surface area (Å²) in [6.07, 6.45) is 6.03. The van der Waals surface area contributed by atoms with Crippen LogP contribution in [0.1, 0.15) is 36.0 Å². The highest BCUT2D eigenvalue weighted by Gasteiger charge is 2.14. The molecule has 1 aromatic heterocycles. The van der Waals surface area contributed by atoms with Crippen LogP contribution in [0.4, 0.5) is 0 Å². The summed E-state index contributed by atoms with van der Waals surface area (Å²) in [5, 5.41) is 7.45. The highest BCUT2D eigenvalue weighted by atomic mass is 15.1. The van der Waals surface area contributed by atoms with Gasteiger partial charge < -0.3 is 0 Å². The Hall–Kier alpha value is -1.61. The molecule has 1 aromatic carbocycles. The summed E-state index contributed by atoms with van der Waals surface area (Å²) in [5.41, 5.74) is 6.42. The van der Waals surface area contributed by atoms with Gasteiger partial charge in [-0.25, -0.2) is 0 Å². The van der Waals surface area contributed by atoms with E-state index in [0.717, 1.165) is 6.54 Å². The Kier molecular flexibility index (Phi) is 3.88. The maximum Gasteiger partial charge on any atom is 0.0695 e. The molecule has 106 valence electrons. The third-order valence-corrected chi connectivity index (χ3v) is 4.36. The Bertz CT molecular complexity index is 580. The minimum atomic E-state index is 1.01. The number of hydrogen-bond acceptors (Lipinski definition) is 2. The highest BCUT2D eigenvalue weighted by Crippen LogP contribution is 2.25. The Morgan fingerprint density at radius 2 is 1.90 bits per heavy atom. The van der Waals surface area contributed by atoms with Crippen LogP contribution in [-0.4, -0.2) is 28.2 Å². The molecule has 3 nitrogen and oxygen atoms in total. The quantitative estimate of drug-likeness (QED) is 0.921. The summed E-state index contributed by atoms with van der Waals surface area (Å²) in [6, 6.07) is 6.63. The molecule has 2 aromatic rings. The van der Waals surface area contributed by atoms with E-state index in [-0.39, 0.29) is 0 Å². The number of aryl methyl sites for hydroxylation is 2. The summed E-state index contributed by atoms with van der Waals surface area (Å²) < 4.78 is 0. The molecule has 0 bridgehead atoms. The molecule has 1 N–H and O–H groups in total. The fourth-order valence-corrected chi connectivity index (χ4v) is 2.94. The zero-order valence-corrected chi connectivity index (χ0v) is 12.4. The number of benzene rings is 1. The minimum absolute atomic E-state index is 1.01. The van der Waals surface area contributed by atoms with Crippen molar-refractivity contribution in [1.29, 1.82) is 0 Å². The van der Waals surface area contributed by atoms with Crippen molar-refractivity contribution in [3.8, 4) is 11.3 Å². The van der Waals surface area contributed by atoms with Gasteiger partial charge in [0.25, 0.3) is 0 Å². The monoisotopic (exact) mass is 269 g/mol. The van der Waals surface area contributed by atoms with Crippen LogP contribution in [-0.2, 0) is 6.54 Å². The number of aromatic nitrogens is 2. The first-order valence-corrected chi connectivity index (χ1v) is 7.56. The van der Waals surface area contributed by atoms with Gasteiger partial charge in [-0.05, 0) is 57.0 Å². The van der Waals surface area contributed by atoms with E-state index >= 15 is 0 Å². The molecule has 0 atom stereocenters. The molecular weight excluding hydrogens is 246 g/mol. The van der Waals surface area contributed by atoms with Crippen molar-refractivity contribution in [3.63, 3.8) is 0 Å². The fourth-order valence-electron chi connectivity index (χ4n) is 2.94. The number of rotatable bonds is 3. The molecule has 20 heavy (non-hydrogen) atoms. The second kappa shape index (κ2) is 5.80. The molecule has 2 heterocycles. The summed E-state index contributed by atoms with van der Waals surface area (Å²) in [5.74, 6) is 0. The Labute approximate surface area is 121 Å². The summed E-state index contributed by atoms with van der Waals surface area (Å²) in [6.45, 7) is 7.77. The van der Waals surface area contributed by atoms with Crippen LogP contribution in [0.15, 0.2) is 24.4 Å². The number of piperidine rings is 1. The average Bonchev–Trinajstić information content (AvgIpc) is 2.91. The van der Waals surface area contributed by atoms with Crippen molar-refractivity contribution < 1.29 is 0 Å². The van der Waals surface area contributed by atoms with Gasteiger partial charge in [-0.2, -0.15) is 5.10 Å². The van der Waals surface area contributed by atoms with E-state index in [1.807, 2.05) is 6.20 Å². The van der Waals surface area contributed by atoms with Crippen molar-refractivity contribution in [2.75, 3.05) is 13.1 Å². The van der Waals surface area contributed by atoms with Gasteiger partial charge in [0.05, 0.1) is 11.9 Å². The van der Waals surface area contributed by atoms with Crippen molar-refractivity contribution in [2.45, 2.75) is 39.7 Å². The van der Waals surface area contributed by atoms with Crippen molar-refractivity contribution in [1.82, 2.24) is 15.1 Å². The Morgan fingerprint density at radius 1 is 1.10 bits per heavy atom. The van der Waals surface area contributed by atoms with Crippen molar-refractivity contribution in [3.05, 3.63) is 41.1 Å². The lowest BCUT2D eigenvalue weighted by Crippen LogP contribution is -2.29. The molecule has 0 amide bonds. The molecule has 0 spiro atoms. The summed E-state index contributed by atoms with van der Waals surface area (Å²) >= 11 is 0. The minimum Gasteiger partial charge on any atom is -0.299 e. The van der Waals surface area contributed by atoms with E-state index < -0.39 is 0 Å². The molecule has 0 unspecified atom stereocenters. The van der Waals surface area contributed by atoms with Gasteiger partial charge in [0.15, 0.2) is 0 Å².